The van der Waals surface area contributed by atoms with Crippen LogP contribution < -0.4 is 20.5 Å². The summed E-state index contributed by atoms with van der Waals surface area (Å²) in [5.74, 6) is 1.23. The third kappa shape index (κ3) is 3.75. The van der Waals surface area contributed by atoms with Gasteiger partial charge in [0.15, 0.2) is 11.5 Å². The molecule has 1 saturated carbocycles. The van der Waals surface area contributed by atoms with Gasteiger partial charge in [-0.25, -0.2) is 4.79 Å². The second-order valence-corrected chi connectivity index (χ2v) is 8.17. The molecule has 1 aromatic carbocycles. The largest absolute Gasteiger partial charge is 0.486 e. The van der Waals surface area contributed by atoms with Crippen molar-refractivity contribution in [2.24, 2.45) is 11.7 Å². The Hall–Kier alpha value is -2.44. The highest BCUT2D eigenvalue weighted by Gasteiger charge is 2.37. The van der Waals surface area contributed by atoms with E-state index in [0.717, 1.165) is 37.2 Å². The summed E-state index contributed by atoms with van der Waals surface area (Å²) in [5.41, 5.74) is 6.53. The van der Waals surface area contributed by atoms with Crippen molar-refractivity contribution < 1.29 is 19.1 Å². The van der Waals surface area contributed by atoms with Gasteiger partial charge in [0.1, 0.15) is 13.2 Å². The molecule has 0 bridgehead atoms. The molecule has 1 aromatic rings. The highest BCUT2D eigenvalue weighted by atomic mass is 16.6. The summed E-state index contributed by atoms with van der Waals surface area (Å²) in [7, 11) is 0. The molecule has 2 aliphatic heterocycles. The molecule has 0 atom stereocenters. The molecule has 28 heavy (non-hydrogen) atoms. The van der Waals surface area contributed by atoms with Crippen molar-refractivity contribution in [3.8, 4) is 11.5 Å². The zero-order valence-electron chi connectivity index (χ0n) is 16.2. The van der Waals surface area contributed by atoms with Crippen LogP contribution in [0.15, 0.2) is 18.2 Å². The zero-order valence-corrected chi connectivity index (χ0v) is 16.2. The van der Waals surface area contributed by atoms with Gasteiger partial charge >= 0.3 is 6.03 Å². The second-order valence-electron chi connectivity index (χ2n) is 8.17. The number of ether oxygens (including phenoxy) is 2. The maximum atomic E-state index is 12.7. The Labute approximate surface area is 165 Å². The van der Waals surface area contributed by atoms with E-state index in [0.29, 0.717) is 45.7 Å². The minimum absolute atomic E-state index is 0.0493. The molecule has 0 spiro atoms. The fourth-order valence-electron chi connectivity index (χ4n) is 4.72. The summed E-state index contributed by atoms with van der Waals surface area (Å²) in [6.45, 7) is 2.93. The Morgan fingerprint density at radius 2 is 1.79 bits per heavy atom. The fraction of sp³-hybridized carbons (Fsp3) is 0.619. The Balaban J connectivity index is 1.41. The van der Waals surface area contributed by atoms with E-state index in [1.807, 2.05) is 6.07 Å². The number of hydrogen-bond donors (Lipinski definition) is 2. The molecular weight excluding hydrogens is 358 g/mol. The van der Waals surface area contributed by atoms with E-state index in [-0.39, 0.29) is 23.3 Å². The molecule has 3 amide bonds. The lowest BCUT2D eigenvalue weighted by molar-refractivity contribution is -0.123. The lowest BCUT2D eigenvalue weighted by atomic mass is 9.78. The van der Waals surface area contributed by atoms with Gasteiger partial charge in [-0.05, 0) is 43.4 Å². The van der Waals surface area contributed by atoms with Gasteiger partial charge in [0.05, 0.1) is 0 Å². The zero-order chi connectivity index (χ0) is 19.6. The van der Waals surface area contributed by atoms with Crippen LogP contribution in [0.3, 0.4) is 0 Å². The number of urea groups is 1. The number of fused-ring (bicyclic) bond motifs is 1. The molecular formula is C21H29N3O4. The van der Waals surface area contributed by atoms with Crippen LogP contribution in [0, 0.1) is 5.92 Å². The molecule has 2 fully saturated rings. The Kier molecular flexibility index (Phi) is 5.33. The standard InChI is InChI=1S/C21H29N3O4/c22-19(25)15-5-9-24(10-6-15)20(26)23-14-21(7-1-2-8-21)16-3-4-17-18(13-16)28-12-11-27-17/h3-4,13,15H,1-2,5-12,14H2,(H2,22,25)(H,23,26). The predicted octanol–water partition coefficient (Wildman–Crippen LogP) is 2.18. The van der Waals surface area contributed by atoms with Gasteiger partial charge in [-0.3, -0.25) is 4.79 Å². The first-order valence-corrected chi connectivity index (χ1v) is 10.3. The third-order valence-corrected chi connectivity index (χ3v) is 6.48. The summed E-state index contributed by atoms with van der Waals surface area (Å²) in [5, 5.41) is 3.16. The lowest BCUT2D eigenvalue weighted by Crippen LogP contribution is -2.49. The summed E-state index contributed by atoms with van der Waals surface area (Å²) in [4.78, 5) is 25.8. The smallest absolute Gasteiger partial charge is 0.317 e. The molecule has 2 heterocycles. The SMILES string of the molecule is NC(=O)C1CCN(C(=O)NCC2(c3ccc4c(c3)OCCO4)CCCC2)CC1. The first-order chi connectivity index (χ1) is 13.6. The van der Waals surface area contributed by atoms with Crippen molar-refractivity contribution in [1.82, 2.24) is 10.2 Å². The first kappa shape index (κ1) is 18.9. The van der Waals surface area contributed by atoms with Gasteiger partial charge in [-0.1, -0.05) is 18.9 Å². The number of nitrogens with two attached hydrogens (primary N) is 1. The molecule has 3 N–H and O–H groups in total. The summed E-state index contributed by atoms with van der Waals surface area (Å²) < 4.78 is 11.4. The Morgan fingerprint density at radius 1 is 1.11 bits per heavy atom. The number of piperidine rings is 1. The average Bonchev–Trinajstić information content (AvgIpc) is 3.22. The maximum absolute atomic E-state index is 12.7. The summed E-state index contributed by atoms with van der Waals surface area (Å²) in [6, 6.07) is 6.14. The number of likely N-dealkylation sites (tertiary alicyclic amines) is 1. The van der Waals surface area contributed by atoms with Gasteiger partial charge in [-0.15, -0.1) is 0 Å². The number of benzene rings is 1. The summed E-state index contributed by atoms with van der Waals surface area (Å²) in [6.07, 6.45) is 5.72. The van der Waals surface area contributed by atoms with Gasteiger partial charge in [0.2, 0.25) is 5.91 Å². The predicted molar refractivity (Wildman–Crippen MR) is 104 cm³/mol. The minimum atomic E-state index is -0.261. The number of nitrogens with zero attached hydrogens (tertiary/aromatic N) is 1. The topological polar surface area (TPSA) is 93.9 Å². The number of nitrogens with one attached hydrogen (secondary N) is 1. The van der Waals surface area contributed by atoms with E-state index in [1.54, 1.807) is 4.90 Å². The van der Waals surface area contributed by atoms with Crippen molar-refractivity contribution in [3.63, 3.8) is 0 Å². The molecule has 7 heteroatoms. The molecule has 3 aliphatic rings. The van der Waals surface area contributed by atoms with E-state index in [9.17, 15) is 9.59 Å². The van der Waals surface area contributed by atoms with E-state index in [2.05, 4.69) is 17.4 Å². The van der Waals surface area contributed by atoms with Crippen LogP contribution in [0.5, 0.6) is 11.5 Å². The number of amides is 3. The van der Waals surface area contributed by atoms with Crippen LogP contribution >= 0.6 is 0 Å². The average molecular weight is 387 g/mol. The van der Waals surface area contributed by atoms with E-state index < -0.39 is 0 Å². The van der Waals surface area contributed by atoms with Crippen molar-refractivity contribution in [2.45, 2.75) is 43.9 Å². The Morgan fingerprint density at radius 3 is 2.46 bits per heavy atom. The van der Waals surface area contributed by atoms with E-state index in [4.69, 9.17) is 15.2 Å². The molecule has 0 aromatic heterocycles. The van der Waals surface area contributed by atoms with Crippen LogP contribution in [-0.2, 0) is 10.2 Å². The van der Waals surface area contributed by atoms with Crippen LogP contribution in [0.2, 0.25) is 0 Å². The lowest BCUT2D eigenvalue weighted by Gasteiger charge is -2.34. The van der Waals surface area contributed by atoms with Gasteiger partial charge in [-0.2, -0.15) is 0 Å². The number of hydrogen-bond acceptors (Lipinski definition) is 4. The minimum Gasteiger partial charge on any atom is -0.486 e. The quantitative estimate of drug-likeness (QED) is 0.828. The number of carbonyl (C=O) groups is 2. The monoisotopic (exact) mass is 387 g/mol. The van der Waals surface area contributed by atoms with E-state index >= 15 is 0 Å². The van der Waals surface area contributed by atoms with Crippen LogP contribution in [0.1, 0.15) is 44.1 Å². The molecule has 0 unspecified atom stereocenters. The molecule has 7 nitrogen and oxygen atoms in total. The number of carbonyl (C=O) groups excluding carboxylic acids is 2. The molecule has 1 aliphatic carbocycles. The molecule has 4 rings (SSSR count). The maximum Gasteiger partial charge on any atom is 0.317 e. The van der Waals surface area contributed by atoms with Crippen LogP contribution in [-0.4, -0.2) is 49.7 Å². The van der Waals surface area contributed by atoms with Crippen LogP contribution in [0.4, 0.5) is 4.79 Å². The summed E-state index contributed by atoms with van der Waals surface area (Å²) >= 11 is 0. The highest BCUT2D eigenvalue weighted by Crippen LogP contribution is 2.43. The normalized spacial score (nSPS) is 21.4. The van der Waals surface area contributed by atoms with E-state index in [1.165, 1.54) is 5.56 Å². The van der Waals surface area contributed by atoms with Crippen molar-refractivity contribution >= 4 is 11.9 Å². The second kappa shape index (κ2) is 7.89. The third-order valence-electron chi connectivity index (χ3n) is 6.48. The van der Waals surface area contributed by atoms with Crippen molar-refractivity contribution in [2.75, 3.05) is 32.8 Å². The Bertz CT molecular complexity index is 737. The number of rotatable bonds is 4. The molecule has 152 valence electrons. The van der Waals surface area contributed by atoms with Crippen LogP contribution in [0.25, 0.3) is 0 Å². The molecule has 0 radical (unpaired) electrons. The van der Waals surface area contributed by atoms with Gasteiger partial charge in [0, 0.05) is 31.0 Å². The van der Waals surface area contributed by atoms with Crippen molar-refractivity contribution in [3.05, 3.63) is 23.8 Å². The number of primary amides is 1. The van der Waals surface area contributed by atoms with Gasteiger partial charge < -0.3 is 25.4 Å². The van der Waals surface area contributed by atoms with Gasteiger partial charge in [0.25, 0.3) is 0 Å². The first-order valence-electron chi connectivity index (χ1n) is 10.3. The molecule has 1 saturated heterocycles. The fourth-order valence-corrected chi connectivity index (χ4v) is 4.72. The highest BCUT2D eigenvalue weighted by molar-refractivity contribution is 5.78. The van der Waals surface area contributed by atoms with Crippen molar-refractivity contribution in [1.29, 1.82) is 0 Å².